The lowest BCUT2D eigenvalue weighted by Crippen LogP contribution is -2.21. The van der Waals surface area contributed by atoms with Crippen LogP contribution in [0.4, 0.5) is 10.1 Å². The molecule has 1 aliphatic rings. The molecule has 1 fully saturated rings. The fourth-order valence-corrected chi connectivity index (χ4v) is 3.22. The molecule has 0 amide bonds. The van der Waals surface area contributed by atoms with Gasteiger partial charge in [-0.2, -0.15) is 0 Å². The predicted octanol–water partition coefficient (Wildman–Crippen LogP) is 3.20. The Hall–Kier alpha value is -1.98. The zero-order chi connectivity index (χ0) is 14.8. The van der Waals surface area contributed by atoms with Crippen molar-refractivity contribution in [1.82, 2.24) is 20.2 Å². The molecular weight excluding hydrogens is 269 g/mol. The van der Waals surface area contributed by atoms with E-state index in [-0.39, 0.29) is 11.9 Å². The first-order valence-corrected chi connectivity index (χ1v) is 7.49. The van der Waals surface area contributed by atoms with Crippen LogP contribution in [0.15, 0.2) is 18.2 Å². The third kappa shape index (κ3) is 2.89. The first kappa shape index (κ1) is 14.0. The van der Waals surface area contributed by atoms with Crippen LogP contribution in [-0.4, -0.2) is 20.2 Å². The number of nitrogens with zero attached hydrogens (tertiary/aromatic N) is 4. The molecule has 0 aliphatic heterocycles. The Morgan fingerprint density at radius 2 is 2.00 bits per heavy atom. The van der Waals surface area contributed by atoms with Gasteiger partial charge in [-0.05, 0) is 54.3 Å². The monoisotopic (exact) mass is 289 g/mol. The Morgan fingerprint density at radius 1 is 1.24 bits per heavy atom. The molecular formula is C15H20FN5. The summed E-state index contributed by atoms with van der Waals surface area (Å²) in [5.41, 5.74) is 6.72. The minimum atomic E-state index is -0.370. The highest BCUT2D eigenvalue weighted by atomic mass is 19.1. The standard InChI is InChI=1S/C15H20FN5/c1-10(11-5-3-2-4-6-11)21-15(18-19-20-21)12-7-13(16)9-14(17)8-12/h7-11H,2-6,17H2,1H3. The van der Waals surface area contributed by atoms with Crippen molar-refractivity contribution in [3.8, 4) is 11.4 Å². The number of tetrazole rings is 1. The molecule has 3 rings (SSSR count). The van der Waals surface area contributed by atoms with Gasteiger partial charge >= 0.3 is 0 Å². The molecule has 5 nitrogen and oxygen atoms in total. The van der Waals surface area contributed by atoms with Crippen LogP contribution in [0.1, 0.15) is 45.1 Å². The largest absolute Gasteiger partial charge is 0.399 e. The summed E-state index contributed by atoms with van der Waals surface area (Å²) in [5, 5.41) is 12.0. The number of rotatable bonds is 3. The number of halogens is 1. The van der Waals surface area contributed by atoms with Crippen LogP contribution in [0.5, 0.6) is 0 Å². The van der Waals surface area contributed by atoms with Gasteiger partial charge in [0, 0.05) is 11.3 Å². The van der Waals surface area contributed by atoms with Gasteiger partial charge in [-0.25, -0.2) is 9.07 Å². The summed E-state index contributed by atoms with van der Waals surface area (Å²) < 4.78 is 15.4. The number of benzene rings is 1. The van der Waals surface area contributed by atoms with Crippen molar-refractivity contribution >= 4 is 5.69 Å². The second-order valence-corrected chi connectivity index (χ2v) is 5.86. The zero-order valence-electron chi connectivity index (χ0n) is 12.2. The Morgan fingerprint density at radius 3 is 2.71 bits per heavy atom. The Labute approximate surface area is 123 Å². The lowest BCUT2D eigenvalue weighted by atomic mass is 9.84. The van der Waals surface area contributed by atoms with Crippen LogP contribution >= 0.6 is 0 Å². The van der Waals surface area contributed by atoms with E-state index in [4.69, 9.17) is 5.73 Å². The van der Waals surface area contributed by atoms with E-state index < -0.39 is 0 Å². The number of aromatic nitrogens is 4. The minimum Gasteiger partial charge on any atom is -0.399 e. The highest BCUT2D eigenvalue weighted by Gasteiger charge is 2.25. The summed E-state index contributed by atoms with van der Waals surface area (Å²) in [7, 11) is 0. The third-order valence-electron chi connectivity index (χ3n) is 4.39. The summed E-state index contributed by atoms with van der Waals surface area (Å²) in [6.45, 7) is 2.14. The van der Waals surface area contributed by atoms with Gasteiger partial charge in [0.2, 0.25) is 0 Å². The first-order valence-electron chi connectivity index (χ1n) is 7.49. The first-order chi connectivity index (χ1) is 10.1. The molecule has 21 heavy (non-hydrogen) atoms. The van der Waals surface area contributed by atoms with Gasteiger partial charge in [-0.15, -0.1) is 5.10 Å². The summed E-state index contributed by atoms with van der Waals surface area (Å²) in [6, 6.07) is 4.63. The van der Waals surface area contributed by atoms with E-state index in [9.17, 15) is 4.39 Å². The molecule has 0 saturated heterocycles. The molecule has 1 heterocycles. The van der Waals surface area contributed by atoms with Gasteiger partial charge in [-0.3, -0.25) is 0 Å². The maximum atomic E-state index is 13.5. The summed E-state index contributed by atoms with van der Waals surface area (Å²) in [5.74, 6) is 0.788. The number of hydrogen-bond acceptors (Lipinski definition) is 4. The van der Waals surface area contributed by atoms with Crippen molar-refractivity contribution in [2.24, 2.45) is 5.92 Å². The Kier molecular flexibility index (Phi) is 3.86. The van der Waals surface area contributed by atoms with Crippen LogP contribution in [0.2, 0.25) is 0 Å². The molecule has 2 N–H and O–H groups in total. The zero-order valence-corrected chi connectivity index (χ0v) is 12.2. The molecule has 0 radical (unpaired) electrons. The fourth-order valence-electron chi connectivity index (χ4n) is 3.22. The van der Waals surface area contributed by atoms with Crippen molar-refractivity contribution in [2.45, 2.75) is 45.1 Å². The smallest absolute Gasteiger partial charge is 0.182 e. The van der Waals surface area contributed by atoms with Gasteiger partial charge in [0.1, 0.15) is 5.82 Å². The van der Waals surface area contributed by atoms with E-state index in [2.05, 4.69) is 22.4 Å². The second kappa shape index (κ2) is 5.79. The molecule has 1 saturated carbocycles. The van der Waals surface area contributed by atoms with E-state index >= 15 is 0 Å². The average molecular weight is 289 g/mol. The van der Waals surface area contributed by atoms with Gasteiger partial charge in [0.25, 0.3) is 0 Å². The van der Waals surface area contributed by atoms with Crippen molar-refractivity contribution in [3.05, 3.63) is 24.0 Å². The van der Waals surface area contributed by atoms with Crippen LogP contribution in [0.3, 0.4) is 0 Å². The number of nitrogen functional groups attached to an aromatic ring is 1. The van der Waals surface area contributed by atoms with Crippen molar-refractivity contribution < 1.29 is 4.39 Å². The van der Waals surface area contributed by atoms with Gasteiger partial charge in [0.15, 0.2) is 5.82 Å². The Balaban J connectivity index is 1.92. The maximum absolute atomic E-state index is 13.5. The lowest BCUT2D eigenvalue weighted by Gasteiger charge is -2.27. The average Bonchev–Trinajstić information content (AvgIpc) is 2.96. The fraction of sp³-hybridized carbons (Fsp3) is 0.533. The van der Waals surface area contributed by atoms with E-state index in [1.807, 2.05) is 4.68 Å². The van der Waals surface area contributed by atoms with E-state index in [1.165, 1.54) is 44.2 Å². The molecule has 1 unspecified atom stereocenters. The Bertz CT molecular complexity index is 598. The maximum Gasteiger partial charge on any atom is 0.182 e. The molecule has 0 bridgehead atoms. The SMILES string of the molecule is CC(C1CCCCC1)n1nnnc1-c1cc(N)cc(F)c1. The van der Waals surface area contributed by atoms with Gasteiger partial charge in [0.05, 0.1) is 6.04 Å². The van der Waals surface area contributed by atoms with Gasteiger partial charge in [-0.1, -0.05) is 19.3 Å². The van der Waals surface area contributed by atoms with E-state index in [0.717, 1.165) is 0 Å². The molecule has 1 atom stereocenters. The molecule has 2 aromatic rings. The predicted molar refractivity (Wildman–Crippen MR) is 78.9 cm³/mol. The van der Waals surface area contributed by atoms with Crippen LogP contribution in [-0.2, 0) is 0 Å². The van der Waals surface area contributed by atoms with Gasteiger partial charge < -0.3 is 5.73 Å². The van der Waals surface area contributed by atoms with E-state index in [1.54, 1.807) is 6.07 Å². The molecule has 112 valence electrons. The number of anilines is 1. The topological polar surface area (TPSA) is 69.6 Å². The normalized spacial score (nSPS) is 17.8. The van der Waals surface area contributed by atoms with Crippen LogP contribution in [0.25, 0.3) is 11.4 Å². The molecule has 1 aromatic heterocycles. The summed E-state index contributed by atoms with van der Waals surface area (Å²) in [6.07, 6.45) is 6.24. The number of hydrogen-bond donors (Lipinski definition) is 1. The number of nitrogens with two attached hydrogens (primary N) is 1. The van der Waals surface area contributed by atoms with Crippen molar-refractivity contribution in [1.29, 1.82) is 0 Å². The van der Waals surface area contributed by atoms with Crippen molar-refractivity contribution in [3.63, 3.8) is 0 Å². The highest BCUT2D eigenvalue weighted by Crippen LogP contribution is 2.34. The third-order valence-corrected chi connectivity index (χ3v) is 4.39. The van der Waals surface area contributed by atoms with E-state index in [0.29, 0.717) is 23.0 Å². The summed E-state index contributed by atoms with van der Waals surface area (Å²) in [4.78, 5) is 0. The second-order valence-electron chi connectivity index (χ2n) is 5.86. The molecule has 1 aliphatic carbocycles. The summed E-state index contributed by atoms with van der Waals surface area (Å²) >= 11 is 0. The lowest BCUT2D eigenvalue weighted by molar-refractivity contribution is 0.249. The molecule has 1 aromatic carbocycles. The van der Waals surface area contributed by atoms with Crippen LogP contribution in [0, 0.1) is 11.7 Å². The minimum absolute atomic E-state index is 0.208. The van der Waals surface area contributed by atoms with Crippen LogP contribution < -0.4 is 5.73 Å². The molecule has 0 spiro atoms. The van der Waals surface area contributed by atoms with Crippen molar-refractivity contribution in [2.75, 3.05) is 5.73 Å². The quantitative estimate of drug-likeness (QED) is 0.881. The molecule has 6 heteroatoms. The highest BCUT2D eigenvalue weighted by molar-refractivity contribution is 5.61.